The molecule has 3 fully saturated rings. The Morgan fingerprint density at radius 1 is 1.09 bits per heavy atom. The van der Waals surface area contributed by atoms with Gasteiger partial charge in [-0.2, -0.15) is 0 Å². The zero-order chi connectivity index (χ0) is 31.4. The van der Waals surface area contributed by atoms with Crippen LogP contribution >= 0.6 is 0 Å². The molecule has 0 aromatic rings. The normalized spacial score (nSPS) is 29.0. The molecule has 5 amide bonds. The van der Waals surface area contributed by atoms with E-state index in [2.05, 4.69) is 21.9 Å². The number of allylic oxidation sites excluding steroid dienone is 1. The number of nitrogens with zero attached hydrogens (tertiary/aromatic N) is 2. The Morgan fingerprint density at radius 3 is 2.51 bits per heavy atom. The van der Waals surface area contributed by atoms with Crippen molar-refractivity contribution < 1.29 is 41.2 Å². The van der Waals surface area contributed by atoms with E-state index < -0.39 is 81.3 Å². The molecule has 0 bridgehead atoms. The van der Waals surface area contributed by atoms with Gasteiger partial charge in [0.25, 0.3) is 11.8 Å². The highest BCUT2D eigenvalue weighted by Gasteiger charge is 2.46. The Labute approximate surface area is 249 Å². The van der Waals surface area contributed by atoms with Crippen molar-refractivity contribution in [2.75, 3.05) is 19.6 Å². The van der Waals surface area contributed by atoms with E-state index in [1.54, 1.807) is 12.2 Å². The molecule has 0 spiro atoms. The minimum Gasteiger partial charge on any atom is -0.344 e. The van der Waals surface area contributed by atoms with Gasteiger partial charge < -0.3 is 20.4 Å². The smallest absolute Gasteiger partial charge is 0.265 e. The number of hydrogen-bond acceptors (Lipinski definition) is 7. The lowest BCUT2D eigenvalue weighted by Gasteiger charge is -2.35. The maximum absolute atomic E-state index is 14.0. The summed E-state index contributed by atoms with van der Waals surface area (Å²) < 4.78 is 55.1. The summed E-state index contributed by atoms with van der Waals surface area (Å²) in [7, 11) is -3.95. The van der Waals surface area contributed by atoms with Gasteiger partial charge in [0.2, 0.25) is 33.7 Å². The average Bonchev–Trinajstić information content (AvgIpc) is 3.70. The molecule has 2 saturated heterocycles. The van der Waals surface area contributed by atoms with Gasteiger partial charge in [-0.3, -0.25) is 28.7 Å². The van der Waals surface area contributed by atoms with Gasteiger partial charge in [0, 0.05) is 32.4 Å². The molecular weight excluding hydrogens is 588 g/mol. The average molecular weight is 628 g/mol. The van der Waals surface area contributed by atoms with Crippen LogP contribution < -0.4 is 15.4 Å². The number of alkyl halides is 2. The Hall–Kier alpha value is -3.36. The zero-order valence-electron chi connectivity index (χ0n) is 24.0. The van der Waals surface area contributed by atoms with Crippen molar-refractivity contribution in [3.63, 3.8) is 0 Å². The van der Waals surface area contributed by atoms with Crippen molar-refractivity contribution >= 4 is 39.6 Å². The van der Waals surface area contributed by atoms with E-state index in [0.717, 1.165) is 11.0 Å². The highest BCUT2D eigenvalue weighted by Crippen LogP contribution is 2.29. The van der Waals surface area contributed by atoms with E-state index in [1.165, 1.54) is 4.90 Å². The summed E-state index contributed by atoms with van der Waals surface area (Å²) in [5.41, 5.74) is -1.85. The van der Waals surface area contributed by atoms with Gasteiger partial charge in [-0.25, -0.2) is 17.2 Å². The van der Waals surface area contributed by atoms with E-state index in [1.807, 2.05) is 0 Å². The summed E-state index contributed by atoms with van der Waals surface area (Å²) in [6.07, 6.45) is 5.70. The lowest BCUT2D eigenvalue weighted by molar-refractivity contribution is -0.147. The molecule has 1 aliphatic carbocycles. The molecule has 3 atom stereocenters. The van der Waals surface area contributed by atoms with Gasteiger partial charge >= 0.3 is 0 Å². The fourth-order valence-corrected chi connectivity index (χ4v) is 7.00. The van der Waals surface area contributed by atoms with Crippen molar-refractivity contribution in [3.8, 4) is 0 Å². The molecule has 15 heteroatoms. The van der Waals surface area contributed by atoms with Crippen LogP contribution in [-0.4, -0.2) is 96.2 Å². The lowest BCUT2D eigenvalue weighted by atomic mass is 9.93. The van der Waals surface area contributed by atoms with Gasteiger partial charge in [-0.05, 0) is 44.9 Å². The fraction of sp³-hybridized carbons (Fsp3) is 0.679. The molecule has 3 N–H and O–H groups in total. The molecule has 3 aliphatic heterocycles. The summed E-state index contributed by atoms with van der Waals surface area (Å²) in [6.45, 7) is 3.14. The number of carbonyl (C=O) groups is 5. The molecule has 3 heterocycles. The fourth-order valence-electron chi connectivity index (χ4n) is 5.63. The SMILES string of the molecule is C=CC1(C(=O)NS(=O)(=O)C2CC2)CC=CCCCC(=O)NC(CC(=O)N2CCCC(F)(F)C2)C(=O)N2CCCC2C(=O)N1. The Morgan fingerprint density at radius 2 is 1.84 bits per heavy atom. The molecule has 4 aliphatic rings. The largest absolute Gasteiger partial charge is 0.344 e. The minimum absolute atomic E-state index is 0.00256. The molecule has 238 valence electrons. The standard InChI is InChI=1S/C28H39F2N5O7S/c1-2-27(26(40)33-43(41,42)19-11-12-19)13-6-4-3-5-10-22(36)31-20(17-23(37)34-15-8-14-28(29,30)18-34)25(39)35-16-7-9-21(35)24(38)32-27/h2,4,6,19-21H,1,3,5,7-18H2,(H,31,36)(H,32,38)(H,33,40). The molecule has 0 aromatic heterocycles. The molecule has 12 nitrogen and oxygen atoms in total. The highest BCUT2D eigenvalue weighted by molar-refractivity contribution is 7.91. The van der Waals surface area contributed by atoms with Crippen LogP contribution in [0.25, 0.3) is 0 Å². The summed E-state index contributed by atoms with van der Waals surface area (Å²) in [4.78, 5) is 68.8. The van der Waals surface area contributed by atoms with Crippen molar-refractivity contribution in [3.05, 3.63) is 24.8 Å². The number of carbonyl (C=O) groups excluding carboxylic acids is 5. The lowest BCUT2D eigenvalue weighted by Crippen LogP contribution is -2.62. The molecule has 0 aromatic carbocycles. The molecule has 3 unspecified atom stereocenters. The number of piperidine rings is 1. The third kappa shape index (κ3) is 7.98. The Kier molecular flexibility index (Phi) is 9.92. The molecule has 4 rings (SSSR count). The van der Waals surface area contributed by atoms with E-state index in [4.69, 9.17) is 0 Å². The minimum atomic E-state index is -3.95. The predicted octanol–water partition coefficient (Wildman–Crippen LogP) is 0.890. The number of nitrogens with one attached hydrogen (secondary N) is 3. The first-order chi connectivity index (χ1) is 20.3. The van der Waals surface area contributed by atoms with E-state index in [-0.39, 0.29) is 45.2 Å². The van der Waals surface area contributed by atoms with Crippen molar-refractivity contribution in [1.29, 1.82) is 0 Å². The van der Waals surface area contributed by atoms with Gasteiger partial charge in [0.1, 0.15) is 17.6 Å². The van der Waals surface area contributed by atoms with Crippen LogP contribution in [0.5, 0.6) is 0 Å². The van der Waals surface area contributed by atoms with Gasteiger partial charge in [0.15, 0.2) is 0 Å². The van der Waals surface area contributed by atoms with Crippen molar-refractivity contribution in [2.45, 2.75) is 99.4 Å². The van der Waals surface area contributed by atoms with Gasteiger partial charge in [-0.1, -0.05) is 18.2 Å². The molecular formula is C28H39F2N5O7S. The summed E-state index contributed by atoms with van der Waals surface area (Å²) in [6, 6.07) is -2.48. The maximum atomic E-state index is 14.0. The van der Waals surface area contributed by atoms with Gasteiger partial charge in [-0.15, -0.1) is 6.58 Å². The highest BCUT2D eigenvalue weighted by atomic mass is 32.2. The van der Waals surface area contributed by atoms with Crippen LogP contribution in [0.4, 0.5) is 8.78 Å². The molecule has 43 heavy (non-hydrogen) atoms. The number of halogens is 2. The number of amides is 5. The number of sulfonamides is 1. The second-order valence-corrected chi connectivity index (χ2v) is 13.7. The maximum Gasteiger partial charge on any atom is 0.265 e. The first-order valence-electron chi connectivity index (χ1n) is 14.7. The van der Waals surface area contributed by atoms with Crippen LogP contribution in [0, 0.1) is 0 Å². The van der Waals surface area contributed by atoms with E-state index >= 15 is 0 Å². The third-order valence-electron chi connectivity index (χ3n) is 8.28. The number of likely N-dealkylation sites (tertiary alicyclic amines) is 1. The first kappa shape index (κ1) is 32.6. The van der Waals surface area contributed by atoms with Crippen LogP contribution in [0.15, 0.2) is 24.8 Å². The third-order valence-corrected chi connectivity index (χ3v) is 10.1. The Balaban J connectivity index is 1.59. The number of fused-ring (bicyclic) bond motifs is 1. The summed E-state index contributed by atoms with van der Waals surface area (Å²) >= 11 is 0. The van der Waals surface area contributed by atoms with Crippen molar-refractivity contribution in [2.24, 2.45) is 0 Å². The number of hydrogen-bond donors (Lipinski definition) is 3. The van der Waals surface area contributed by atoms with E-state index in [9.17, 15) is 41.2 Å². The topological polar surface area (TPSA) is 162 Å². The quantitative estimate of drug-likeness (QED) is 0.369. The molecule has 1 saturated carbocycles. The zero-order valence-corrected chi connectivity index (χ0v) is 24.8. The summed E-state index contributed by atoms with van der Waals surface area (Å²) in [5, 5.41) is 4.51. The van der Waals surface area contributed by atoms with Gasteiger partial charge in [0.05, 0.1) is 18.2 Å². The second-order valence-electron chi connectivity index (χ2n) is 11.7. The second kappa shape index (κ2) is 13.1. The van der Waals surface area contributed by atoms with Crippen molar-refractivity contribution in [1.82, 2.24) is 25.2 Å². The van der Waals surface area contributed by atoms with E-state index in [0.29, 0.717) is 32.1 Å². The predicted molar refractivity (Wildman–Crippen MR) is 151 cm³/mol. The van der Waals surface area contributed by atoms with Crippen LogP contribution in [-0.2, 0) is 34.0 Å². The van der Waals surface area contributed by atoms with Crippen LogP contribution in [0.2, 0.25) is 0 Å². The van der Waals surface area contributed by atoms with Crippen LogP contribution in [0.3, 0.4) is 0 Å². The number of rotatable bonds is 6. The Bertz CT molecular complexity index is 1290. The first-order valence-corrected chi connectivity index (χ1v) is 16.2. The summed E-state index contributed by atoms with van der Waals surface area (Å²) in [5.74, 6) is -6.70. The monoisotopic (exact) mass is 627 g/mol. The van der Waals surface area contributed by atoms with Crippen LogP contribution in [0.1, 0.15) is 70.6 Å². The molecule has 0 radical (unpaired) electrons.